The van der Waals surface area contributed by atoms with Gasteiger partial charge in [-0.15, -0.1) is 23.1 Å². The molecule has 0 atom stereocenters. The minimum Gasteiger partial charge on any atom is -0.481 e. The maximum Gasteiger partial charge on any atom is 0.303 e. The molecule has 9 heteroatoms. The number of thiophene rings is 1. The number of thioether (sulfide) groups is 1. The fourth-order valence-corrected chi connectivity index (χ4v) is 4.62. The first-order chi connectivity index (χ1) is 15.9. The number of rotatable bonds is 9. The van der Waals surface area contributed by atoms with Gasteiger partial charge < -0.3 is 15.7 Å². The van der Waals surface area contributed by atoms with Gasteiger partial charge in [0.2, 0.25) is 11.8 Å². The minimum atomic E-state index is -1.03. The second-order valence-corrected chi connectivity index (χ2v) is 9.07. The van der Waals surface area contributed by atoms with Crippen molar-refractivity contribution in [2.45, 2.75) is 24.7 Å². The number of carboxylic acid groups (broad SMARTS) is 1. The van der Waals surface area contributed by atoms with E-state index in [0.717, 1.165) is 21.6 Å². The van der Waals surface area contributed by atoms with Gasteiger partial charge in [0.05, 0.1) is 17.7 Å². The molecule has 3 aromatic rings. The zero-order chi connectivity index (χ0) is 23.8. The lowest BCUT2D eigenvalue weighted by Gasteiger charge is -2.07. The molecule has 2 amide bonds. The molecule has 0 saturated heterocycles. The number of nitriles is 1. The van der Waals surface area contributed by atoms with E-state index in [-0.39, 0.29) is 30.4 Å². The molecule has 0 radical (unpaired) electrons. The summed E-state index contributed by atoms with van der Waals surface area (Å²) in [4.78, 5) is 35.7. The summed E-state index contributed by atoms with van der Waals surface area (Å²) in [6.07, 6.45) is -0.346. The molecule has 168 valence electrons. The number of nitrogens with one attached hydrogen (secondary N) is 2. The first-order valence-electron chi connectivity index (χ1n) is 9.98. The number of carboxylic acids is 1. The van der Waals surface area contributed by atoms with Gasteiger partial charge in [-0.2, -0.15) is 5.26 Å². The maximum absolute atomic E-state index is 12.5. The van der Waals surface area contributed by atoms with Crippen molar-refractivity contribution in [1.82, 2.24) is 0 Å². The van der Waals surface area contributed by atoms with Gasteiger partial charge in [-0.25, -0.2) is 0 Å². The van der Waals surface area contributed by atoms with Gasteiger partial charge in [0, 0.05) is 27.9 Å². The molecule has 3 rings (SSSR count). The van der Waals surface area contributed by atoms with Gasteiger partial charge >= 0.3 is 5.97 Å². The number of hydrogen-bond donors (Lipinski definition) is 3. The standard InChI is InChI=1S/C24H21N3O4S2/c1-15-5-7-16(8-6-15)20-13-33-24(19(20)12-25)27-22(29)14-32-18-4-2-3-17(11-18)26-21(28)9-10-23(30)31/h2-8,11,13H,9-10,14H2,1H3,(H,26,28)(H,27,29)(H,30,31). The van der Waals surface area contributed by atoms with Crippen molar-refractivity contribution in [3.63, 3.8) is 0 Å². The number of nitrogens with zero attached hydrogens (tertiary/aromatic N) is 1. The second-order valence-electron chi connectivity index (χ2n) is 7.14. The first kappa shape index (κ1) is 24.0. The van der Waals surface area contributed by atoms with E-state index in [2.05, 4.69) is 16.7 Å². The average molecular weight is 480 g/mol. The average Bonchev–Trinajstić information content (AvgIpc) is 3.19. The molecule has 1 heterocycles. The van der Waals surface area contributed by atoms with Gasteiger partial charge in [0.1, 0.15) is 11.1 Å². The lowest BCUT2D eigenvalue weighted by atomic mass is 10.0. The van der Waals surface area contributed by atoms with E-state index in [1.165, 1.54) is 23.1 Å². The van der Waals surface area contributed by atoms with Gasteiger partial charge in [-0.05, 0) is 30.7 Å². The van der Waals surface area contributed by atoms with Crippen molar-refractivity contribution >= 4 is 51.6 Å². The highest BCUT2D eigenvalue weighted by Gasteiger charge is 2.15. The highest BCUT2D eigenvalue weighted by Crippen LogP contribution is 2.35. The smallest absolute Gasteiger partial charge is 0.303 e. The molecule has 0 unspecified atom stereocenters. The number of hydrogen-bond acceptors (Lipinski definition) is 6. The van der Waals surface area contributed by atoms with Crippen LogP contribution in [0.2, 0.25) is 0 Å². The van der Waals surface area contributed by atoms with Crippen LogP contribution < -0.4 is 10.6 Å². The summed E-state index contributed by atoms with van der Waals surface area (Å²) in [6.45, 7) is 2.00. The van der Waals surface area contributed by atoms with Crippen molar-refractivity contribution in [3.05, 3.63) is 65.0 Å². The van der Waals surface area contributed by atoms with Crippen LogP contribution in [0.15, 0.2) is 58.8 Å². The molecule has 0 spiro atoms. The van der Waals surface area contributed by atoms with Crippen LogP contribution in [0.3, 0.4) is 0 Å². The number of carbonyl (C=O) groups is 3. The quantitative estimate of drug-likeness (QED) is 0.366. The zero-order valence-corrected chi connectivity index (χ0v) is 19.4. The Balaban J connectivity index is 1.59. The Labute approximate surface area is 199 Å². The number of benzene rings is 2. The molecular formula is C24H21N3O4S2. The van der Waals surface area contributed by atoms with E-state index in [4.69, 9.17) is 5.11 Å². The Kier molecular flexibility index (Phi) is 8.24. The van der Waals surface area contributed by atoms with Gasteiger partial charge in [-0.1, -0.05) is 35.9 Å². The Hall–Kier alpha value is -3.61. The van der Waals surface area contributed by atoms with Crippen LogP contribution >= 0.6 is 23.1 Å². The Bertz CT molecular complexity index is 1210. The van der Waals surface area contributed by atoms with Gasteiger partial charge in [-0.3, -0.25) is 14.4 Å². The van der Waals surface area contributed by atoms with Crippen LogP contribution in [-0.4, -0.2) is 28.6 Å². The first-order valence-corrected chi connectivity index (χ1v) is 11.8. The molecule has 0 aliphatic carbocycles. The summed E-state index contributed by atoms with van der Waals surface area (Å²) in [5.41, 5.74) is 3.81. The maximum atomic E-state index is 12.5. The third kappa shape index (κ3) is 6.94. The fraction of sp³-hybridized carbons (Fsp3) is 0.167. The predicted molar refractivity (Wildman–Crippen MR) is 131 cm³/mol. The molecule has 33 heavy (non-hydrogen) atoms. The van der Waals surface area contributed by atoms with Crippen LogP contribution in [0, 0.1) is 18.3 Å². The highest BCUT2D eigenvalue weighted by molar-refractivity contribution is 8.00. The van der Waals surface area contributed by atoms with E-state index < -0.39 is 5.97 Å². The van der Waals surface area contributed by atoms with E-state index in [1.54, 1.807) is 18.2 Å². The summed E-state index contributed by atoms with van der Waals surface area (Å²) in [5, 5.41) is 26.1. The van der Waals surface area contributed by atoms with Crippen LogP contribution in [0.5, 0.6) is 0 Å². The van der Waals surface area contributed by atoms with Crippen LogP contribution in [0.4, 0.5) is 10.7 Å². The van der Waals surface area contributed by atoms with Crippen molar-refractivity contribution in [3.8, 4) is 17.2 Å². The minimum absolute atomic E-state index is 0.109. The molecule has 1 aromatic heterocycles. The van der Waals surface area contributed by atoms with Crippen molar-refractivity contribution in [2.75, 3.05) is 16.4 Å². The SMILES string of the molecule is Cc1ccc(-c2csc(NC(=O)CSc3cccc(NC(=O)CCC(=O)O)c3)c2C#N)cc1. The molecule has 2 aromatic carbocycles. The van der Waals surface area contributed by atoms with Crippen LogP contribution in [-0.2, 0) is 14.4 Å². The Morgan fingerprint density at radius 2 is 1.82 bits per heavy atom. The monoisotopic (exact) mass is 479 g/mol. The molecule has 0 fully saturated rings. The summed E-state index contributed by atoms with van der Waals surface area (Å²) < 4.78 is 0. The largest absolute Gasteiger partial charge is 0.481 e. The third-order valence-electron chi connectivity index (χ3n) is 4.57. The van der Waals surface area contributed by atoms with Crippen molar-refractivity contribution < 1.29 is 19.5 Å². The van der Waals surface area contributed by atoms with E-state index in [9.17, 15) is 19.6 Å². The molecule has 3 N–H and O–H groups in total. The fourth-order valence-electron chi connectivity index (χ4n) is 2.93. The summed E-state index contributed by atoms with van der Waals surface area (Å²) >= 11 is 2.60. The topological polar surface area (TPSA) is 119 Å². The molecule has 0 saturated carbocycles. The van der Waals surface area contributed by atoms with Crippen LogP contribution in [0.1, 0.15) is 24.0 Å². The number of anilines is 2. The lowest BCUT2D eigenvalue weighted by molar-refractivity contribution is -0.138. The second kappa shape index (κ2) is 11.3. The number of carbonyl (C=O) groups excluding carboxylic acids is 2. The highest BCUT2D eigenvalue weighted by atomic mass is 32.2. The number of aliphatic carboxylic acids is 1. The lowest BCUT2D eigenvalue weighted by Crippen LogP contribution is -2.14. The molecular weight excluding hydrogens is 458 g/mol. The Morgan fingerprint density at radius 3 is 2.52 bits per heavy atom. The predicted octanol–water partition coefficient (Wildman–Crippen LogP) is 5.13. The van der Waals surface area contributed by atoms with E-state index >= 15 is 0 Å². The number of aryl methyl sites for hydroxylation is 1. The van der Waals surface area contributed by atoms with E-state index in [0.29, 0.717) is 16.3 Å². The summed E-state index contributed by atoms with van der Waals surface area (Å²) in [5.74, 6) is -1.54. The molecule has 7 nitrogen and oxygen atoms in total. The third-order valence-corrected chi connectivity index (χ3v) is 6.46. The summed E-state index contributed by atoms with van der Waals surface area (Å²) in [6, 6.07) is 17.0. The molecule has 0 aliphatic rings. The van der Waals surface area contributed by atoms with E-state index in [1.807, 2.05) is 42.6 Å². The molecule has 0 bridgehead atoms. The number of amides is 2. The normalized spacial score (nSPS) is 10.3. The molecule has 0 aliphatic heterocycles. The van der Waals surface area contributed by atoms with Gasteiger partial charge in [0.25, 0.3) is 0 Å². The van der Waals surface area contributed by atoms with Crippen LogP contribution in [0.25, 0.3) is 11.1 Å². The summed E-state index contributed by atoms with van der Waals surface area (Å²) in [7, 11) is 0. The van der Waals surface area contributed by atoms with Crippen molar-refractivity contribution in [2.24, 2.45) is 0 Å². The zero-order valence-electron chi connectivity index (χ0n) is 17.8. The Morgan fingerprint density at radius 1 is 1.06 bits per heavy atom. The van der Waals surface area contributed by atoms with Gasteiger partial charge in [0.15, 0.2) is 0 Å². The van der Waals surface area contributed by atoms with Crippen molar-refractivity contribution in [1.29, 1.82) is 5.26 Å².